The van der Waals surface area contributed by atoms with Gasteiger partial charge in [0.25, 0.3) is 0 Å². The van der Waals surface area contributed by atoms with Gasteiger partial charge in [-0.3, -0.25) is 37.3 Å². The lowest BCUT2D eigenvalue weighted by atomic mass is 9.89. The molecule has 0 spiro atoms. The zero-order valence-corrected chi connectivity index (χ0v) is 70.9. The zero-order chi connectivity index (χ0) is 114. The van der Waals surface area contributed by atoms with Gasteiger partial charge in [0.1, 0.15) is 26.4 Å². The van der Waals surface area contributed by atoms with Crippen LogP contribution < -0.4 is 0 Å². The molecule has 80 heteroatoms. The summed E-state index contributed by atoms with van der Waals surface area (Å²) in [5.74, 6) is -203. The number of carbonyl (C=O) groups is 4. The number of hydrogen-bond acceptors (Lipinski definition) is 12. The molecular weight excluding hydrogens is 2210 g/mol. The van der Waals surface area contributed by atoms with E-state index >= 15 is 0 Å². The summed E-state index contributed by atoms with van der Waals surface area (Å²) in [6, 6.07) is 0. The summed E-state index contributed by atoms with van der Waals surface area (Å²) in [4.78, 5) is 110. The second kappa shape index (κ2) is 44.5. The van der Waals surface area contributed by atoms with E-state index in [1.807, 2.05) is 0 Å². The topological polar surface area (TPSA) is 348 Å². The lowest BCUT2D eigenvalue weighted by molar-refractivity contribution is -0.442. The highest BCUT2D eigenvalue weighted by Crippen LogP contribution is 2.68. The second-order valence-electron chi connectivity index (χ2n) is 27.0. The largest absolute Gasteiger partial charge is 0.469 e. The van der Waals surface area contributed by atoms with Gasteiger partial charge in [-0.05, 0) is 26.0 Å². The average molecular weight is 2270 g/mol. The van der Waals surface area contributed by atoms with Gasteiger partial charge < -0.3 is 58.7 Å². The summed E-state index contributed by atoms with van der Waals surface area (Å²) in [5, 5.41) is 0. The first-order valence-corrected chi connectivity index (χ1v) is 39.6. The van der Waals surface area contributed by atoms with E-state index in [0.717, 1.165) is 13.8 Å². The van der Waals surface area contributed by atoms with Crippen molar-refractivity contribution < 1.29 is 323 Å². The number of phosphoric acid groups is 4. The lowest BCUT2D eigenvalue weighted by Gasteiger charge is -2.43. The quantitative estimate of drug-likeness (QED) is 0.0121. The van der Waals surface area contributed by atoms with Gasteiger partial charge in [-0.25, -0.2) is 18.3 Å². The molecule has 8 N–H and O–H groups in total. The van der Waals surface area contributed by atoms with Crippen molar-refractivity contribution in [1.82, 2.24) is 19.6 Å². The van der Waals surface area contributed by atoms with Gasteiger partial charge in [0, 0.05) is 37.3 Å². The monoisotopic (exact) mass is 2270 g/mol. The molecule has 24 nitrogen and oxygen atoms in total. The molecule has 0 aliphatic heterocycles. The van der Waals surface area contributed by atoms with E-state index in [9.17, 15) is 266 Å². The van der Waals surface area contributed by atoms with Gasteiger partial charge in [0.15, 0.2) is 0 Å². The average Bonchev–Trinajstić information content (AvgIpc) is 0.697. The molecule has 0 bridgehead atoms. The van der Waals surface area contributed by atoms with Crippen LogP contribution in [0.5, 0.6) is 0 Å². The van der Waals surface area contributed by atoms with Crippen molar-refractivity contribution in [2.24, 2.45) is 0 Å². The van der Waals surface area contributed by atoms with E-state index in [4.69, 9.17) is 39.1 Å². The van der Waals surface area contributed by atoms with Gasteiger partial charge in [-0.15, -0.1) is 26.3 Å². The number of carbonyl (C=O) groups excluding carboxylic acids is 4. The summed E-state index contributed by atoms with van der Waals surface area (Å²) in [5.41, 5.74) is -1.33. The molecule has 0 saturated heterocycles. The summed E-state index contributed by atoms with van der Waals surface area (Å²) in [6.45, 7) is -5.09. The Morgan fingerprint density at radius 2 is 0.343 bits per heavy atom. The predicted octanol–water partition coefficient (Wildman–Crippen LogP) is 18.5. The number of hydrogen-bond donors (Lipinski definition) is 8. The Kier molecular flexibility index (Phi) is 44.1. The van der Waals surface area contributed by atoms with Crippen molar-refractivity contribution >= 4 is 54.9 Å². The normalized spacial score (nSPS) is 14.8. The molecule has 0 unspecified atom stereocenters. The van der Waals surface area contributed by atoms with Crippen molar-refractivity contribution in [3.8, 4) is 0 Å². The van der Waals surface area contributed by atoms with Crippen molar-refractivity contribution in [3.05, 3.63) is 100 Å². The van der Waals surface area contributed by atoms with Crippen LogP contribution >= 0.6 is 31.3 Å². The fraction of sp³-hybridized carbons (Fsp3) is 0.667. The van der Waals surface area contributed by atoms with Gasteiger partial charge in [-0.2, -0.15) is 228 Å². The minimum atomic E-state index is -8.40. The van der Waals surface area contributed by atoms with E-state index in [0.29, 0.717) is 24.3 Å². The number of rotatable bonds is 54. The van der Waals surface area contributed by atoms with Crippen molar-refractivity contribution in [2.45, 2.75) is 168 Å². The molecule has 0 aliphatic rings. The molecule has 0 aromatic carbocycles. The minimum Gasteiger partial charge on any atom is -0.329 e. The molecule has 0 fully saturated rings. The number of nitrogens with zero attached hydrogens (tertiary/aromatic N) is 4. The van der Waals surface area contributed by atoms with E-state index in [1.165, 1.54) is 0 Å². The van der Waals surface area contributed by atoms with Crippen molar-refractivity contribution in [3.63, 3.8) is 0 Å². The van der Waals surface area contributed by atoms with Crippen LogP contribution in [-0.2, 0) is 55.5 Å². The minimum absolute atomic E-state index is 0.140. The van der Waals surface area contributed by atoms with Crippen LogP contribution in [-0.4, -0.2) is 315 Å². The molecule has 140 heavy (non-hydrogen) atoms. The molecule has 0 atom stereocenters. The molecule has 0 heterocycles. The van der Waals surface area contributed by atoms with Crippen LogP contribution in [0.4, 0.5) is 228 Å². The van der Waals surface area contributed by atoms with E-state index < -0.39 is 309 Å². The van der Waals surface area contributed by atoms with Crippen molar-refractivity contribution in [1.29, 1.82) is 0 Å². The molecule has 0 aromatic rings. The Labute approximate surface area is 743 Å². The van der Waals surface area contributed by atoms with Crippen LogP contribution in [0.25, 0.3) is 0 Å². The fourth-order valence-electron chi connectivity index (χ4n) is 8.51. The lowest BCUT2D eigenvalue weighted by Crippen LogP contribution is -2.74. The number of alkyl halides is 52. The standard InChI is InChI=1S/C16H16F14NO5P.C15H14F14NO5P.C15H16F12NO5P.C14H14F12NO5P/c1-4-5-31(9(32)8(2)3)6-10(17,18)12(21,22)14(25,26)16(29,30)15(27,28)13(23,24)11(19,20)7-36-37(33,34)35;1-3-5-30(8(31)4-2)6-9(16,17)11(20,21)13(24,25)15(28,29)14(26,27)12(22,23)10(18,19)7-35-36(32,33)34;1-4-5-28(9(29)8(2)3)6-10(16,17)12(20,21)14(24,25)15(26,27)13(22,23)11(18,19)7-33-34(30,31)32;1-3-5-27(8(28)4-2)6-9(15,16)11(19,20)13(23,24)14(25,26)12(21,22)10(17,18)7-32-33(29,30)31/h4H,1-2,5-7H2,3H3,(H2,33,34,35);3-4H,1-2,5-7H2,(H2,32,33,34);4H,1-2,5-7H2,3H3,(H2,30,31,32);3-4H,1-2,5-7H2,(H2,29,30,31). The number of amides is 4. The van der Waals surface area contributed by atoms with Gasteiger partial charge in [-0.1, -0.05) is 50.6 Å². The molecule has 824 valence electrons. The molecule has 0 radical (unpaired) electrons. The van der Waals surface area contributed by atoms with Gasteiger partial charge >= 0.3 is 185 Å². The van der Waals surface area contributed by atoms with Crippen LogP contribution in [0, 0.1) is 0 Å². The first kappa shape index (κ1) is 139. The molecular formula is C60H60F52N4O20P4. The summed E-state index contributed by atoms with van der Waals surface area (Å²) in [6.07, 6.45) is 2.62. The third-order valence-electron chi connectivity index (χ3n) is 16.1. The Morgan fingerprint density at radius 1 is 0.229 bits per heavy atom. The Hall–Kier alpha value is -7.40. The molecule has 4 amide bonds. The maximum Gasteiger partial charge on any atom is 0.469 e. The Morgan fingerprint density at radius 3 is 0.457 bits per heavy atom. The van der Waals surface area contributed by atoms with Gasteiger partial charge in [0.05, 0.1) is 26.2 Å². The second-order valence-corrected chi connectivity index (χ2v) is 31.9. The first-order chi connectivity index (χ1) is 60.7. The van der Waals surface area contributed by atoms with E-state index in [1.54, 1.807) is 0 Å². The smallest absolute Gasteiger partial charge is 0.329 e. The Bertz CT molecular complexity index is 4570. The zero-order valence-electron chi connectivity index (χ0n) is 67.3. The van der Waals surface area contributed by atoms with Crippen LogP contribution in [0.3, 0.4) is 0 Å². The van der Waals surface area contributed by atoms with Crippen LogP contribution in [0.2, 0.25) is 0 Å². The highest BCUT2D eigenvalue weighted by molar-refractivity contribution is 7.47. The first-order valence-electron chi connectivity index (χ1n) is 33.5. The van der Waals surface area contributed by atoms with E-state index in [-0.39, 0.29) is 22.0 Å². The van der Waals surface area contributed by atoms with Crippen molar-refractivity contribution in [2.75, 3.05) is 78.8 Å². The highest BCUT2D eigenvalue weighted by Gasteiger charge is 2.97. The highest BCUT2D eigenvalue weighted by atomic mass is 31.2. The maximum atomic E-state index is 14.1. The summed E-state index contributed by atoms with van der Waals surface area (Å²) in [7, 11) is -24.6. The molecule has 0 rings (SSSR count). The Balaban J connectivity index is -0.000000882. The summed E-state index contributed by atoms with van der Waals surface area (Å²) < 4.78 is 767. The van der Waals surface area contributed by atoms with E-state index in [2.05, 4.69) is 70.7 Å². The SMILES string of the molecule is C=CCN(CC(F)(F)C(F)(F)C(F)(F)C(F)(F)C(F)(F)C(F)(F)C(F)(F)COP(=O)(O)O)C(=O)C(=C)C.C=CCN(CC(F)(F)C(F)(F)C(F)(F)C(F)(F)C(F)(F)C(F)(F)C(F)(F)COP(=O)(O)O)C(=O)C=C.C=CCN(CC(F)(F)C(F)(F)C(F)(F)C(F)(F)C(F)(F)C(F)(F)COP(=O)(O)O)C(=O)C(=C)C.C=CCN(CC(F)(F)C(F)(F)C(F)(F)C(F)(F)C(F)(F)C(F)(F)COP(=O)(O)O)C(=O)C=C. The third-order valence-corrected chi connectivity index (χ3v) is 17.9. The maximum absolute atomic E-state index is 14.1. The fourth-order valence-corrected chi connectivity index (χ4v) is 9.83. The third kappa shape index (κ3) is 28.3. The number of halogens is 52. The molecule has 0 aromatic heterocycles. The number of phosphoric ester groups is 4. The molecule has 0 aliphatic carbocycles. The summed E-state index contributed by atoms with van der Waals surface area (Å²) >= 11 is 0. The molecule has 0 saturated carbocycles. The van der Waals surface area contributed by atoms with Crippen LogP contribution in [0.1, 0.15) is 13.8 Å². The predicted molar refractivity (Wildman–Crippen MR) is 358 cm³/mol. The van der Waals surface area contributed by atoms with Gasteiger partial charge in [0.2, 0.25) is 23.6 Å². The van der Waals surface area contributed by atoms with Crippen LogP contribution in [0.15, 0.2) is 100 Å².